The minimum Gasteiger partial charge on any atom is -0.486 e. The number of unbranched alkanes of at least 4 members (excludes halogenated alkanes) is 1. The number of ether oxygens (including phenoxy) is 2. The van der Waals surface area contributed by atoms with E-state index in [1.807, 2.05) is 12.1 Å². The van der Waals surface area contributed by atoms with Crippen LogP contribution in [-0.2, 0) is 0 Å². The van der Waals surface area contributed by atoms with Gasteiger partial charge in [0.25, 0.3) is 0 Å². The molecule has 1 aliphatic heterocycles. The molecule has 0 unspecified atom stereocenters. The van der Waals surface area contributed by atoms with Gasteiger partial charge < -0.3 is 20.5 Å². The van der Waals surface area contributed by atoms with E-state index in [2.05, 4.69) is 12.2 Å². The number of hydrogen-bond acceptors (Lipinski definition) is 4. The Morgan fingerprint density at radius 3 is 2.59 bits per heavy atom. The van der Waals surface area contributed by atoms with Crippen molar-refractivity contribution in [2.45, 2.75) is 19.8 Å². The first-order valence-electron chi connectivity index (χ1n) is 6.15. The van der Waals surface area contributed by atoms with E-state index in [0.29, 0.717) is 13.2 Å². The molecule has 0 atom stereocenters. The molecule has 1 aromatic rings. The molecule has 1 heterocycles. The maximum Gasteiger partial charge on any atom is 0.163 e. The molecular formula is C13H20N2O2. The first kappa shape index (κ1) is 12.0. The molecule has 0 fully saturated rings. The third-order valence-electron chi connectivity index (χ3n) is 2.84. The van der Waals surface area contributed by atoms with Crippen molar-refractivity contribution in [3.05, 3.63) is 17.7 Å². The van der Waals surface area contributed by atoms with Gasteiger partial charge in [0.1, 0.15) is 13.2 Å². The van der Waals surface area contributed by atoms with Gasteiger partial charge >= 0.3 is 0 Å². The minimum atomic E-state index is 0.628. The number of rotatable bonds is 5. The lowest BCUT2D eigenvalue weighted by Crippen LogP contribution is -2.16. The predicted octanol–water partition coefficient (Wildman–Crippen LogP) is 1.92. The molecule has 0 spiro atoms. The summed E-state index contributed by atoms with van der Waals surface area (Å²) in [5.74, 6) is 1.68. The van der Waals surface area contributed by atoms with Crippen LogP contribution < -0.4 is 20.5 Å². The fourth-order valence-corrected chi connectivity index (χ4v) is 1.87. The Morgan fingerprint density at radius 2 is 1.88 bits per heavy atom. The Hall–Kier alpha value is -1.42. The molecule has 2 rings (SSSR count). The molecule has 1 aliphatic rings. The summed E-state index contributed by atoms with van der Waals surface area (Å²) in [5, 5.41) is 3.41. The summed E-state index contributed by atoms with van der Waals surface area (Å²) in [5.41, 5.74) is 7.76. The molecule has 4 nitrogen and oxygen atoms in total. The van der Waals surface area contributed by atoms with Crippen molar-refractivity contribution in [3.63, 3.8) is 0 Å². The largest absolute Gasteiger partial charge is 0.486 e. The molecule has 0 amide bonds. The van der Waals surface area contributed by atoms with Crippen LogP contribution in [0, 0.1) is 6.92 Å². The van der Waals surface area contributed by atoms with Crippen molar-refractivity contribution >= 4 is 5.69 Å². The Labute approximate surface area is 102 Å². The molecule has 4 heteroatoms. The van der Waals surface area contributed by atoms with Crippen molar-refractivity contribution in [1.29, 1.82) is 0 Å². The van der Waals surface area contributed by atoms with Crippen LogP contribution in [0.25, 0.3) is 0 Å². The second-order valence-electron chi connectivity index (χ2n) is 4.23. The number of aryl methyl sites for hydroxylation is 1. The van der Waals surface area contributed by atoms with Crippen molar-refractivity contribution in [1.82, 2.24) is 0 Å². The van der Waals surface area contributed by atoms with Gasteiger partial charge in [0.05, 0.1) is 0 Å². The lowest BCUT2D eigenvalue weighted by Gasteiger charge is -2.20. The fraction of sp³-hybridized carbons (Fsp3) is 0.538. The quantitative estimate of drug-likeness (QED) is 0.767. The average molecular weight is 236 g/mol. The molecule has 0 saturated carbocycles. The van der Waals surface area contributed by atoms with E-state index >= 15 is 0 Å². The number of benzene rings is 1. The summed E-state index contributed by atoms with van der Waals surface area (Å²) in [4.78, 5) is 0. The fourth-order valence-electron chi connectivity index (χ4n) is 1.87. The van der Waals surface area contributed by atoms with Crippen LogP contribution in [0.1, 0.15) is 18.4 Å². The van der Waals surface area contributed by atoms with Crippen molar-refractivity contribution in [3.8, 4) is 11.5 Å². The Morgan fingerprint density at radius 1 is 1.18 bits per heavy atom. The molecule has 3 N–H and O–H groups in total. The number of nitrogens with two attached hydrogens (primary N) is 1. The second-order valence-corrected chi connectivity index (χ2v) is 4.23. The smallest absolute Gasteiger partial charge is 0.163 e. The monoisotopic (exact) mass is 236 g/mol. The number of fused-ring (bicyclic) bond motifs is 1. The summed E-state index contributed by atoms with van der Waals surface area (Å²) in [6, 6.07) is 4.05. The maximum absolute atomic E-state index is 5.56. The molecule has 1 aromatic carbocycles. The van der Waals surface area contributed by atoms with Gasteiger partial charge in [-0.1, -0.05) is 0 Å². The topological polar surface area (TPSA) is 56.5 Å². The summed E-state index contributed by atoms with van der Waals surface area (Å²) in [6.45, 7) is 5.03. The number of hydrogen-bond donors (Lipinski definition) is 2. The number of nitrogens with one attached hydrogen (secondary N) is 1. The lowest BCUT2D eigenvalue weighted by atomic mass is 10.1. The van der Waals surface area contributed by atoms with Gasteiger partial charge in [-0.15, -0.1) is 0 Å². The van der Waals surface area contributed by atoms with Crippen LogP contribution in [0.3, 0.4) is 0 Å². The summed E-state index contributed by atoms with van der Waals surface area (Å²) < 4.78 is 11.1. The Bertz CT molecular complexity index is 380. The highest BCUT2D eigenvalue weighted by molar-refractivity contribution is 5.60. The van der Waals surface area contributed by atoms with Crippen molar-refractivity contribution in [2.75, 3.05) is 31.6 Å². The zero-order valence-electron chi connectivity index (χ0n) is 10.3. The van der Waals surface area contributed by atoms with Gasteiger partial charge in [-0.25, -0.2) is 0 Å². The third kappa shape index (κ3) is 3.03. The van der Waals surface area contributed by atoms with Gasteiger partial charge in [0.15, 0.2) is 11.5 Å². The Kier molecular flexibility index (Phi) is 4.09. The van der Waals surface area contributed by atoms with Crippen LogP contribution in [-0.4, -0.2) is 26.3 Å². The summed E-state index contributed by atoms with van der Waals surface area (Å²) >= 11 is 0. The molecular weight excluding hydrogens is 216 g/mol. The van der Waals surface area contributed by atoms with Gasteiger partial charge in [0, 0.05) is 18.3 Å². The van der Waals surface area contributed by atoms with Gasteiger partial charge in [-0.05, 0) is 37.9 Å². The van der Waals surface area contributed by atoms with Crippen molar-refractivity contribution in [2.24, 2.45) is 5.73 Å². The zero-order chi connectivity index (χ0) is 12.1. The van der Waals surface area contributed by atoms with Gasteiger partial charge in [-0.3, -0.25) is 0 Å². The maximum atomic E-state index is 5.56. The van der Waals surface area contributed by atoms with Crippen LogP contribution in [0.2, 0.25) is 0 Å². The van der Waals surface area contributed by atoms with E-state index in [9.17, 15) is 0 Å². The first-order chi connectivity index (χ1) is 8.31. The zero-order valence-corrected chi connectivity index (χ0v) is 10.3. The molecule has 17 heavy (non-hydrogen) atoms. The lowest BCUT2D eigenvalue weighted by molar-refractivity contribution is 0.171. The van der Waals surface area contributed by atoms with E-state index in [0.717, 1.165) is 43.1 Å². The summed E-state index contributed by atoms with van der Waals surface area (Å²) in [7, 11) is 0. The van der Waals surface area contributed by atoms with E-state index < -0.39 is 0 Å². The van der Waals surface area contributed by atoms with E-state index in [-0.39, 0.29) is 0 Å². The van der Waals surface area contributed by atoms with E-state index in [4.69, 9.17) is 15.2 Å². The van der Waals surface area contributed by atoms with Crippen LogP contribution >= 0.6 is 0 Å². The molecule has 0 aliphatic carbocycles. The molecule has 94 valence electrons. The minimum absolute atomic E-state index is 0.628. The molecule has 0 radical (unpaired) electrons. The van der Waals surface area contributed by atoms with E-state index in [1.54, 1.807) is 0 Å². The van der Waals surface area contributed by atoms with Crippen LogP contribution in [0.4, 0.5) is 5.69 Å². The highest BCUT2D eigenvalue weighted by Gasteiger charge is 2.13. The SMILES string of the molecule is Cc1cc2c(cc1NCCCCN)OCCO2. The van der Waals surface area contributed by atoms with Crippen LogP contribution in [0.5, 0.6) is 11.5 Å². The van der Waals surface area contributed by atoms with Crippen LogP contribution in [0.15, 0.2) is 12.1 Å². The predicted molar refractivity (Wildman–Crippen MR) is 68.9 cm³/mol. The molecule has 0 aromatic heterocycles. The molecule has 0 bridgehead atoms. The highest BCUT2D eigenvalue weighted by Crippen LogP contribution is 2.35. The van der Waals surface area contributed by atoms with Gasteiger partial charge in [-0.2, -0.15) is 0 Å². The standard InChI is InChI=1S/C13H20N2O2/c1-10-8-12-13(17-7-6-16-12)9-11(10)15-5-3-2-4-14/h8-9,15H,2-7,14H2,1H3. The first-order valence-corrected chi connectivity index (χ1v) is 6.15. The normalized spacial score (nSPS) is 13.5. The van der Waals surface area contributed by atoms with E-state index in [1.165, 1.54) is 5.56 Å². The average Bonchev–Trinajstić information content (AvgIpc) is 2.35. The second kappa shape index (κ2) is 5.77. The van der Waals surface area contributed by atoms with Crippen molar-refractivity contribution < 1.29 is 9.47 Å². The Balaban J connectivity index is 2.01. The highest BCUT2D eigenvalue weighted by atomic mass is 16.6. The molecule has 0 saturated heterocycles. The summed E-state index contributed by atoms with van der Waals surface area (Å²) in [6.07, 6.45) is 2.14. The van der Waals surface area contributed by atoms with Gasteiger partial charge in [0.2, 0.25) is 0 Å². The third-order valence-corrected chi connectivity index (χ3v) is 2.84. The number of anilines is 1.